The van der Waals surface area contributed by atoms with Crippen LogP contribution in [0.25, 0.3) is 0 Å². The van der Waals surface area contributed by atoms with Crippen LogP contribution in [0.5, 0.6) is 5.75 Å². The van der Waals surface area contributed by atoms with Gasteiger partial charge in [-0.1, -0.05) is 23.8 Å². The van der Waals surface area contributed by atoms with E-state index in [1.165, 1.54) is 18.2 Å². The molecule has 0 aliphatic carbocycles. The Bertz CT molecular complexity index is 1070. The van der Waals surface area contributed by atoms with E-state index in [2.05, 4.69) is 0 Å². The lowest BCUT2D eigenvalue weighted by Gasteiger charge is -2.38. The van der Waals surface area contributed by atoms with E-state index in [-0.39, 0.29) is 24.1 Å². The number of piperidine rings is 1. The summed E-state index contributed by atoms with van der Waals surface area (Å²) in [5.74, 6) is -0.375. The molecule has 3 aromatic carbocycles. The highest BCUT2D eigenvalue weighted by Gasteiger charge is 2.30. The topological polar surface area (TPSA) is 32.8 Å². The van der Waals surface area contributed by atoms with Gasteiger partial charge in [0.15, 0.2) is 0 Å². The number of nitrogens with zero attached hydrogens (tertiary/aromatic N) is 2. The quantitative estimate of drug-likeness (QED) is 0.491. The van der Waals surface area contributed by atoms with Gasteiger partial charge in [-0.2, -0.15) is 0 Å². The number of ether oxygens (including phenoxy) is 1. The summed E-state index contributed by atoms with van der Waals surface area (Å²) in [5, 5.41) is 0. The van der Waals surface area contributed by atoms with Crippen molar-refractivity contribution >= 4 is 11.6 Å². The molecule has 172 valence electrons. The number of rotatable bonds is 6. The fourth-order valence-corrected chi connectivity index (χ4v) is 4.31. The molecule has 4 nitrogen and oxygen atoms in total. The van der Waals surface area contributed by atoms with Crippen molar-refractivity contribution in [2.75, 3.05) is 25.1 Å². The number of carbonyl (C=O) groups excluding carboxylic acids is 1. The maximum absolute atomic E-state index is 14.1. The minimum Gasteiger partial charge on any atom is -0.497 e. The molecular weight excluding hydrogens is 422 g/mol. The van der Waals surface area contributed by atoms with Gasteiger partial charge in [-0.3, -0.25) is 9.69 Å². The zero-order valence-electron chi connectivity index (χ0n) is 18.9. The normalized spacial score (nSPS) is 14.8. The first-order chi connectivity index (χ1) is 16.0. The van der Waals surface area contributed by atoms with Crippen molar-refractivity contribution in [3.63, 3.8) is 0 Å². The van der Waals surface area contributed by atoms with Gasteiger partial charge in [-0.05, 0) is 68.3 Å². The zero-order valence-corrected chi connectivity index (χ0v) is 18.9. The second-order valence-corrected chi connectivity index (χ2v) is 8.45. The third-order valence-corrected chi connectivity index (χ3v) is 6.23. The van der Waals surface area contributed by atoms with Crippen LogP contribution >= 0.6 is 0 Å². The van der Waals surface area contributed by atoms with Crippen molar-refractivity contribution in [3.05, 3.63) is 95.1 Å². The molecule has 0 N–H and O–H groups in total. The second-order valence-electron chi connectivity index (χ2n) is 8.45. The SMILES string of the molecule is COc1ccc(N(C(=O)c2ccc(C)cc2)C2CCN(Cc3c(F)cccc3F)CC2)cc1. The van der Waals surface area contributed by atoms with Gasteiger partial charge in [0.25, 0.3) is 5.91 Å². The molecule has 0 spiro atoms. The lowest BCUT2D eigenvalue weighted by Crippen LogP contribution is -2.47. The molecule has 1 heterocycles. The lowest BCUT2D eigenvalue weighted by molar-refractivity contribution is 0.0958. The van der Waals surface area contributed by atoms with Crippen LogP contribution in [-0.2, 0) is 6.54 Å². The number of aryl methyl sites for hydroxylation is 1. The Hall–Kier alpha value is -3.25. The van der Waals surface area contributed by atoms with Gasteiger partial charge in [-0.15, -0.1) is 0 Å². The van der Waals surface area contributed by atoms with Crippen LogP contribution in [0.2, 0.25) is 0 Å². The maximum atomic E-state index is 14.1. The zero-order chi connectivity index (χ0) is 23.4. The van der Waals surface area contributed by atoms with E-state index >= 15 is 0 Å². The fraction of sp³-hybridized carbons (Fsp3) is 0.296. The number of hydrogen-bond donors (Lipinski definition) is 0. The molecule has 4 rings (SSSR count). The van der Waals surface area contributed by atoms with E-state index in [4.69, 9.17) is 4.74 Å². The lowest BCUT2D eigenvalue weighted by atomic mass is 9.99. The Morgan fingerprint density at radius 2 is 1.58 bits per heavy atom. The fourth-order valence-electron chi connectivity index (χ4n) is 4.31. The highest BCUT2D eigenvalue weighted by Crippen LogP contribution is 2.28. The van der Waals surface area contributed by atoms with E-state index in [0.29, 0.717) is 31.5 Å². The first kappa shape index (κ1) is 22.9. The van der Waals surface area contributed by atoms with E-state index in [1.807, 2.05) is 65.3 Å². The van der Waals surface area contributed by atoms with Gasteiger partial charge in [0.05, 0.1) is 7.11 Å². The van der Waals surface area contributed by atoms with Gasteiger partial charge in [-0.25, -0.2) is 8.78 Å². The summed E-state index contributed by atoms with van der Waals surface area (Å²) in [6.45, 7) is 3.50. The van der Waals surface area contributed by atoms with E-state index in [1.54, 1.807) is 7.11 Å². The molecule has 1 aliphatic rings. The first-order valence-electron chi connectivity index (χ1n) is 11.2. The molecule has 3 aromatic rings. The molecule has 0 bridgehead atoms. The number of amides is 1. The molecule has 0 aromatic heterocycles. The molecule has 0 saturated carbocycles. The minimum absolute atomic E-state index is 0.0195. The molecule has 0 unspecified atom stereocenters. The third-order valence-electron chi connectivity index (χ3n) is 6.23. The maximum Gasteiger partial charge on any atom is 0.258 e. The molecule has 1 aliphatic heterocycles. The molecular formula is C27H28F2N2O2. The van der Waals surface area contributed by atoms with Crippen LogP contribution in [0, 0.1) is 18.6 Å². The molecule has 0 atom stereocenters. The second kappa shape index (κ2) is 10.1. The van der Waals surface area contributed by atoms with Gasteiger partial charge in [0.2, 0.25) is 0 Å². The van der Waals surface area contributed by atoms with Crippen LogP contribution in [0.15, 0.2) is 66.7 Å². The number of hydrogen-bond acceptors (Lipinski definition) is 3. The Morgan fingerprint density at radius 3 is 2.15 bits per heavy atom. The molecule has 1 amide bonds. The highest BCUT2D eigenvalue weighted by molar-refractivity contribution is 6.06. The van der Waals surface area contributed by atoms with Crippen molar-refractivity contribution in [3.8, 4) is 5.75 Å². The molecule has 33 heavy (non-hydrogen) atoms. The minimum atomic E-state index is -0.522. The van der Waals surface area contributed by atoms with Crippen molar-refractivity contribution in [1.29, 1.82) is 0 Å². The average Bonchev–Trinajstić information content (AvgIpc) is 2.83. The molecule has 6 heteroatoms. The predicted octanol–water partition coefficient (Wildman–Crippen LogP) is 5.59. The number of halogens is 2. The van der Waals surface area contributed by atoms with Crippen molar-refractivity contribution in [2.24, 2.45) is 0 Å². The smallest absolute Gasteiger partial charge is 0.258 e. The number of carbonyl (C=O) groups is 1. The van der Waals surface area contributed by atoms with E-state index in [0.717, 1.165) is 17.0 Å². The van der Waals surface area contributed by atoms with Crippen molar-refractivity contribution in [2.45, 2.75) is 32.4 Å². The summed E-state index contributed by atoms with van der Waals surface area (Å²) in [4.78, 5) is 17.4. The van der Waals surface area contributed by atoms with Crippen LogP contribution in [-0.4, -0.2) is 37.0 Å². The first-order valence-corrected chi connectivity index (χ1v) is 11.2. The van der Waals surface area contributed by atoms with Crippen LogP contribution < -0.4 is 9.64 Å². The molecule has 1 saturated heterocycles. The summed E-state index contributed by atoms with van der Waals surface area (Å²) in [7, 11) is 1.61. The monoisotopic (exact) mass is 450 g/mol. The number of anilines is 1. The molecule has 1 fully saturated rings. The molecule has 0 radical (unpaired) electrons. The summed E-state index contributed by atoms with van der Waals surface area (Å²) in [6.07, 6.45) is 1.42. The Balaban J connectivity index is 1.53. The predicted molar refractivity (Wildman–Crippen MR) is 126 cm³/mol. The Kier molecular flexibility index (Phi) is 7.04. The summed E-state index contributed by atoms with van der Waals surface area (Å²) in [5.41, 5.74) is 2.63. The number of methoxy groups -OCH3 is 1. The summed E-state index contributed by atoms with van der Waals surface area (Å²) >= 11 is 0. The summed E-state index contributed by atoms with van der Waals surface area (Å²) in [6, 6.07) is 19.0. The van der Waals surface area contributed by atoms with Gasteiger partial charge >= 0.3 is 0 Å². The average molecular weight is 451 g/mol. The van der Waals surface area contributed by atoms with Crippen molar-refractivity contribution < 1.29 is 18.3 Å². The van der Waals surface area contributed by atoms with E-state index < -0.39 is 11.6 Å². The largest absolute Gasteiger partial charge is 0.497 e. The van der Waals surface area contributed by atoms with Crippen molar-refractivity contribution in [1.82, 2.24) is 4.90 Å². The summed E-state index contributed by atoms with van der Waals surface area (Å²) < 4.78 is 33.4. The Morgan fingerprint density at radius 1 is 0.970 bits per heavy atom. The number of benzene rings is 3. The van der Waals surface area contributed by atoms with Crippen LogP contribution in [0.4, 0.5) is 14.5 Å². The van der Waals surface area contributed by atoms with Crippen LogP contribution in [0.1, 0.15) is 34.3 Å². The van der Waals surface area contributed by atoms with Gasteiger partial charge in [0.1, 0.15) is 17.4 Å². The van der Waals surface area contributed by atoms with Crippen LogP contribution in [0.3, 0.4) is 0 Å². The van der Waals surface area contributed by atoms with Gasteiger partial charge < -0.3 is 9.64 Å². The van der Waals surface area contributed by atoms with Gasteiger partial charge in [0, 0.05) is 42.5 Å². The van der Waals surface area contributed by atoms with E-state index in [9.17, 15) is 13.6 Å². The third kappa shape index (κ3) is 5.22. The highest BCUT2D eigenvalue weighted by atomic mass is 19.1. The number of likely N-dealkylation sites (tertiary alicyclic amines) is 1. The Labute approximate surface area is 193 Å². The standard InChI is InChI=1S/C27H28F2N2O2/c1-19-6-8-20(9-7-19)27(32)31(21-10-12-23(33-2)13-11-21)22-14-16-30(17-15-22)18-24-25(28)4-3-5-26(24)29/h3-13,22H,14-18H2,1-2H3.